The highest BCUT2D eigenvalue weighted by atomic mass is 16.2. The molecule has 1 amide bonds. The lowest BCUT2D eigenvalue weighted by atomic mass is 9.77. The highest BCUT2D eigenvalue weighted by molar-refractivity contribution is 5.83. The molecule has 2 aliphatic rings. The molecule has 2 heterocycles. The monoisotopic (exact) mass is 281 g/mol. The van der Waals surface area contributed by atoms with Crippen molar-refractivity contribution in [2.75, 3.05) is 46.3 Å². The molecule has 4 nitrogen and oxygen atoms in total. The highest BCUT2D eigenvalue weighted by Crippen LogP contribution is 2.33. The van der Waals surface area contributed by atoms with E-state index in [1.807, 2.05) is 0 Å². The molecule has 0 radical (unpaired) electrons. The van der Waals surface area contributed by atoms with E-state index < -0.39 is 0 Å². The molecule has 20 heavy (non-hydrogen) atoms. The van der Waals surface area contributed by atoms with Crippen LogP contribution < -0.4 is 5.32 Å². The molecule has 0 unspecified atom stereocenters. The van der Waals surface area contributed by atoms with Gasteiger partial charge in [-0.1, -0.05) is 13.8 Å². The molecule has 0 aliphatic carbocycles. The fourth-order valence-electron chi connectivity index (χ4n) is 3.36. The molecule has 2 aliphatic heterocycles. The third-order valence-corrected chi connectivity index (χ3v) is 4.82. The number of carbonyl (C=O) groups is 1. The van der Waals surface area contributed by atoms with Gasteiger partial charge in [0.1, 0.15) is 0 Å². The van der Waals surface area contributed by atoms with Crippen molar-refractivity contribution < 1.29 is 4.79 Å². The first-order valence-corrected chi connectivity index (χ1v) is 8.21. The molecule has 0 bridgehead atoms. The van der Waals surface area contributed by atoms with Gasteiger partial charge in [0.15, 0.2) is 0 Å². The van der Waals surface area contributed by atoms with Gasteiger partial charge in [-0.2, -0.15) is 0 Å². The molecule has 0 aromatic rings. The molecule has 0 atom stereocenters. The van der Waals surface area contributed by atoms with Crippen molar-refractivity contribution >= 4 is 5.91 Å². The molecule has 0 saturated carbocycles. The summed E-state index contributed by atoms with van der Waals surface area (Å²) in [4.78, 5) is 17.6. The molecule has 4 heteroatoms. The smallest absolute Gasteiger partial charge is 0.227 e. The first kappa shape index (κ1) is 15.8. The number of nitrogens with one attached hydrogen (secondary N) is 1. The third-order valence-electron chi connectivity index (χ3n) is 4.82. The summed E-state index contributed by atoms with van der Waals surface area (Å²) in [5.74, 6) is 0.820. The number of hydrogen-bond donors (Lipinski definition) is 1. The second-order valence-electron chi connectivity index (χ2n) is 7.17. The molecule has 0 aromatic heterocycles. The van der Waals surface area contributed by atoms with Crippen LogP contribution in [0.1, 0.15) is 39.5 Å². The van der Waals surface area contributed by atoms with Crippen molar-refractivity contribution in [3.05, 3.63) is 0 Å². The second kappa shape index (κ2) is 6.90. The van der Waals surface area contributed by atoms with E-state index in [9.17, 15) is 4.79 Å². The van der Waals surface area contributed by atoms with Crippen molar-refractivity contribution in [3.8, 4) is 0 Å². The lowest BCUT2D eigenvalue weighted by molar-refractivity contribution is -0.135. The zero-order chi connectivity index (χ0) is 14.6. The van der Waals surface area contributed by atoms with Crippen LogP contribution in [0.15, 0.2) is 0 Å². The van der Waals surface area contributed by atoms with Crippen LogP contribution in [-0.2, 0) is 4.79 Å². The first-order valence-electron chi connectivity index (χ1n) is 8.21. The van der Waals surface area contributed by atoms with Gasteiger partial charge in [0.05, 0.1) is 5.41 Å². The number of nitrogens with zero attached hydrogens (tertiary/aromatic N) is 2. The Morgan fingerprint density at radius 2 is 1.75 bits per heavy atom. The standard InChI is InChI=1S/C16H31N3O/c1-14(2)12-17-15(20)16(6-10-18(3)11-7-16)13-19-8-4-5-9-19/h14H,4-13H2,1-3H3,(H,17,20). The first-order chi connectivity index (χ1) is 9.52. The van der Waals surface area contributed by atoms with E-state index in [1.165, 1.54) is 25.9 Å². The number of carbonyl (C=O) groups excluding carboxylic acids is 1. The minimum atomic E-state index is -0.147. The number of amides is 1. The predicted molar refractivity (Wildman–Crippen MR) is 82.7 cm³/mol. The van der Waals surface area contributed by atoms with Crippen LogP contribution in [0.3, 0.4) is 0 Å². The van der Waals surface area contributed by atoms with Crippen LogP contribution in [-0.4, -0.2) is 62.0 Å². The SMILES string of the molecule is CC(C)CNC(=O)C1(CN2CCCC2)CCN(C)CC1. The maximum atomic E-state index is 12.8. The Bertz CT molecular complexity index is 316. The van der Waals surface area contributed by atoms with Gasteiger partial charge >= 0.3 is 0 Å². The van der Waals surface area contributed by atoms with Gasteiger partial charge in [-0.05, 0) is 64.8 Å². The Morgan fingerprint density at radius 1 is 1.15 bits per heavy atom. The molecule has 2 saturated heterocycles. The van der Waals surface area contributed by atoms with Crippen LogP contribution >= 0.6 is 0 Å². The molecular weight excluding hydrogens is 250 g/mol. The van der Waals surface area contributed by atoms with Crippen molar-refractivity contribution in [3.63, 3.8) is 0 Å². The number of hydrogen-bond acceptors (Lipinski definition) is 3. The van der Waals surface area contributed by atoms with Gasteiger partial charge in [-0.3, -0.25) is 4.79 Å². The van der Waals surface area contributed by atoms with Gasteiger partial charge in [-0.25, -0.2) is 0 Å². The maximum absolute atomic E-state index is 12.8. The van der Waals surface area contributed by atoms with Crippen LogP contribution in [0.5, 0.6) is 0 Å². The van der Waals surface area contributed by atoms with Gasteiger partial charge in [0, 0.05) is 13.1 Å². The van der Waals surface area contributed by atoms with E-state index in [4.69, 9.17) is 0 Å². The Balaban J connectivity index is 2.00. The fourth-order valence-corrected chi connectivity index (χ4v) is 3.36. The van der Waals surface area contributed by atoms with E-state index in [2.05, 4.69) is 36.0 Å². The van der Waals surface area contributed by atoms with Gasteiger partial charge < -0.3 is 15.1 Å². The lowest BCUT2D eigenvalue weighted by Gasteiger charge is -2.41. The molecule has 1 N–H and O–H groups in total. The zero-order valence-electron chi connectivity index (χ0n) is 13.5. The Hall–Kier alpha value is -0.610. The lowest BCUT2D eigenvalue weighted by Crippen LogP contribution is -2.53. The number of rotatable bonds is 5. The Kier molecular flexibility index (Phi) is 5.44. The number of likely N-dealkylation sites (tertiary alicyclic amines) is 2. The Labute approximate surface area is 123 Å². The minimum absolute atomic E-state index is 0.147. The van der Waals surface area contributed by atoms with Crippen molar-refractivity contribution in [2.45, 2.75) is 39.5 Å². The van der Waals surface area contributed by atoms with Gasteiger partial charge in [0.2, 0.25) is 5.91 Å². The van der Waals surface area contributed by atoms with E-state index in [0.717, 1.165) is 39.0 Å². The summed E-state index contributed by atoms with van der Waals surface area (Å²) in [6.45, 7) is 10.5. The van der Waals surface area contributed by atoms with Crippen LogP contribution in [0.4, 0.5) is 0 Å². The van der Waals surface area contributed by atoms with Crippen molar-refractivity contribution in [1.82, 2.24) is 15.1 Å². The Morgan fingerprint density at radius 3 is 2.30 bits per heavy atom. The molecule has 2 rings (SSSR count). The molecule has 2 fully saturated rings. The van der Waals surface area contributed by atoms with E-state index in [0.29, 0.717) is 11.8 Å². The van der Waals surface area contributed by atoms with E-state index in [-0.39, 0.29) is 5.41 Å². The molecule has 116 valence electrons. The fraction of sp³-hybridized carbons (Fsp3) is 0.938. The third kappa shape index (κ3) is 3.95. The van der Waals surface area contributed by atoms with Gasteiger partial charge in [0.25, 0.3) is 0 Å². The summed E-state index contributed by atoms with van der Waals surface area (Å²) >= 11 is 0. The quantitative estimate of drug-likeness (QED) is 0.831. The normalized spacial score (nSPS) is 24.2. The van der Waals surface area contributed by atoms with Crippen molar-refractivity contribution in [1.29, 1.82) is 0 Å². The van der Waals surface area contributed by atoms with Crippen molar-refractivity contribution in [2.24, 2.45) is 11.3 Å². The summed E-state index contributed by atoms with van der Waals surface area (Å²) < 4.78 is 0. The molecule has 0 aromatic carbocycles. The van der Waals surface area contributed by atoms with E-state index >= 15 is 0 Å². The van der Waals surface area contributed by atoms with Crippen LogP contribution in [0.2, 0.25) is 0 Å². The zero-order valence-corrected chi connectivity index (χ0v) is 13.5. The predicted octanol–water partition coefficient (Wildman–Crippen LogP) is 1.57. The molecule has 0 spiro atoms. The second-order valence-corrected chi connectivity index (χ2v) is 7.17. The highest BCUT2D eigenvalue weighted by Gasteiger charge is 2.42. The average Bonchev–Trinajstić information content (AvgIpc) is 2.91. The summed E-state index contributed by atoms with van der Waals surface area (Å²) in [6, 6.07) is 0. The largest absolute Gasteiger partial charge is 0.355 e. The summed E-state index contributed by atoms with van der Waals surface area (Å²) in [6.07, 6.45) is 4.60. The summed E-state index contributed by atoms with van der Waals surface area (Å²) in [7, 11) is 2.16. The topological polar surface area (TPSA) is 35.6 Å². The maximum Gasteiger partial charge on any atom is 0.227 e. The van der Waals surface area contributed by atoms with Gasteiger partial charge in [-0.15, -0.1) is 0 Å². The summed E-state index contributed by atoms with van der Waals surface area (Å²) in [5, 5.41) is 3.20. The van der Waals surface area contributed by atoms with Crippen LogP contribution in [0, 0.1) is 11.3 Å². The number of piperidine rings is 1. The van der Waals surface area contributed by atoms with Crippen LogP contribution in [0.25, 0.3) is 0 Å². The summed E-state index contributed by atoms with van der Waals surface area (Å²) in [5.41, 5.74) is -0.147. The minimum Gasteiger partial charge on any atom is -0.355 e. The molecular formula is C16H31N3O. The van der Waals surface area contributed by atoms with E-state index in [1.54, 1.807) is 0 Å². The average molecular weight is 281 g/mol.